The molecule has 0 saturated heterocycles. The minimum Gasteiger partial charge on any atom is -0.358 e. The fraction of sp³-hybridized carbons (Fsp3) is 0.467. The maximum absolute atomic E-state index is 12.7. The van der Waals surface area contributed by atoms with E-state index in [-0.39, 0.29) is 30.5 Å². The van der Waals surface area contributed by atoms with E-state index in [2.05, 4.69) is 15.6 Å². The van der Waals surface area contributed by atoms with Gasteiger partial charge >= 0.3 is 0 Å². The molecule has 0 spiro atoms. The number of nitrogens with one attached hydrogen (secondary N) is 2. The smallest absolute Gasteiger partial charge is 0.262 e. The summed E-state index contributed by atoms with van der Waals surface area (Å²) in [4.78, 5) is 42.0. The van der Waals surface area contributed by atoms with E-state index >= 15 is 0 Å². The quantitative estimate of drug-likeness (QED) is 0.835. The highest BCUT2D eigenvalue weighted by Gasteiger charge is 2.20. The third kappa shape index (κ3) is 3.12. The summed E-state index contributed by atoms with van der Waals surface area (Å²) in [6, 6.07) is 0. The van der Waals surface area contributed by atoms with Crippen LogP contribution in [-0.2, 0) is 29.0 Å². The van der Waals surface area contributed by atoms with E-state index in [0.29, 0.717) is 5.39 Å². The molecule has 1 aliphatic carbocycles. The second-order valence-corrected chi connectivity index (χ2v) is 6.60. The van der Waals surface area contributed by atoms with E-state index in [4.69, 9.17) is 0 Å². The van der Waals surface area contributed by atoms with Crippen molar-refractivity contribution in [3.8, 4) is 0 Å². The van der Waals surface area contributed by atoms with Crippen molar-refractivity contribution in [2.75, 3.05) is 13.6 Å². The molecule has 2 heterocycles. The third-order valence-corrected chi connectivity index (χ3v) is 5.18. The van der Waals surface area contributed by atoms with Gasteiger partial charge in [0.05, 0.1) is 18.3 Å². The molecular formula is C15H18N4O3S. The van der Waals surface area contributed by atoms with Crippen molar-refractivity contribution in [2.45, 2.75) is 32.2 Å². The molecule has 0 bridgehead atoms. The second kappa shape index (κ2) is 6.49. The van der Waals surface area contributed by atoms with Gasteiger partial charge in [-0.3, -0.25) is 19.0 Å². The van der Waals surface area contributed by atoms with Crippen molar-refractivity contribution >= 4 is 33.4 Å². The van der Waals surface area contributed by atoms with Crippen LogP contribution in [0.1, 0.15) is 23.3 Å². The van der Waals surface area contributed by atoms with Gasteiger partial charge in [0.25, 0.3) is 5.56 Å². The van der Waals surface area contributed by atoms with Gasteiger partial charge in [0.15, 0.2) is 0 Å². The molecule has 23 heavy (non-hydrogen) atoms. The zero-order valence-electron chi connectivity index (χ0n) is 12.8. The molecule has 0 radical (unpaired) electrons. The number of carbonyl (C=O) groups is 2. The standard InChI is InChI=1S/C15H18N4O3S/c1-16-11(20)6-17-12(21)7-19-8-18-14-13(15(19)22)9-4-2-3-5-10(9)23-14/h8H,2-7H2,1H3,(H,16,20)(H,17,21). The first-order chi connectivity index (χ1) is 11.1. The second-order valence-electron chi connectivity index (χ2n) is 5.52. The molecule has 2 aromatic rings. The number of amides is 2. The zero-order chi connectivity index (χ0) is 16.4. The van der Waals surface area contributed by atoms with Crippen molar-refractivity contribution in [3.05, 3.63) is 27.1 Å². The summed E-state index contributed by atoms with van der Waals surface area (Å²) >= 11 is 1.58. The van der Waals surface area contributed by atoms with Crippen LogP contribution in [0.2, 0.25) is 0 Å². The topological polar surface area (TPSA) is 93.1 Å². The largest absolute Gasteiger partial charge is 0.358 e. The highest BCUT2D eigenvalue weighted by molar-refractivity contribution is 7.18. The van der Waals surface area contributed by atoms with Crippen LogP contribution < -0.4 is 16.2 Å². The SMILES string of the molecule is CNC(=O)CNC(=O)Cn1cnc2sc3c(c2c1=O)CCCC3. The summed E-state index contributed by atoms with van der Waals surface area (Å²) < 4.78 is 1.31. The molecule has 0 aliphatic heterocycles. The number of hydrogen-bond donors (Lipinski definition) is 2. The highest BCUT2D eigenvalue weighted by atomic mass is 32.1. The summed E-state index contributed by atoms with van der Waals surface area (Å²) in [7, 11) is 1.50. The van der Waals surface area contributed by atoms with Crippen LogP contribution in [0, 0.1) is 0 Å². The van der Waals surface area contributed by atoms with Crippen LogP contribution in [0.25, 0.3) is 10.2 Å². The maximum Gasteiger partial charge on any atom is 0.262 e. The van der Waals surface area contributed by atoms with Crippen LogP contribution >= 0.6 is 11.3 Å². The maximum atomic E-state index is 12.7. The minimum atomic E-state index is -0.388. The van der Waals surface area contributed by atoms with Gasteiger partial charge in [-0.25, -0.2) is 4.98 Å². The summed E-state index contributed by atoms with van der Waals surface area (Å²) in [5.74, 6) is -0.674. The first-order valence-electron chi connectivity index (χ1n) is 7.57. The number of hydrogen-bond acceptors (Lipinski definition) is 5. The summed E-state index contributed by atoms with van der Waals surface area (Å²) in [6.07, 6.45) is 5.54. The first-order valence-corrected chi connectivity index (χ1v) is 8.38. The number of thiophene rings is 1. The van der Waals surface area contributed by atoms with E-state index in [0.717, 1.165) is 36.1 Å². The molecule has 8 heteroatoms. The molecule has 0 unspecified atom stereocenters. The Bertz CT molecular complexity index is 824. The molecule has 0 fully saturated rings. The molecular weight excluding hydrogens is 316 g/mol. The lowest BCUT2D eigenvalue weighted by Gasteiger charge is -2.10. The Kier molecular flexibility index (Phi) is 4.42. The summed E-state index contributed by atoms with van der Waals surface area (Å²) in [5.41, 5.74) is 0.929. The van der Waals surface area contributed by atoms with E-state index < -0.39 is 0 Å². The zero-order valence-corrected chi connectivity index (χ0v) is 13.7. The predicted molar refractivity (Wildman–Crippen MR) is 87.6 cm³/mol. The minimum absolute atomic E-state index is 0.104. The first kappa shape index (κ1) is 15.7. The van der Waals surface area contributed by atoms with Crippen molar-refractivity contribution in [2.24, 2.45) is 0 Å². The van der Waals surface area contributed by atoms with Crippen LogP contribution in [0.4, 0.5) is 0 Å². The van der Waals surface area contributed by atoms with E-state index in [1.54, 1.807) is 11.3 Å². The Morgan fingerprint density at radius 3 is 2.87 bits per heavy atom. The molecule has 7 nitrogen and oxygen atoms in total. The van der Waals surface area contributed by atoms with Crippen LogP contribution in [0.5, 0.6) is 0 Å². The van der Waals surface area contributed by atoms with Gasteiger partial charge in [-0.1, -0.05) is 0 Å². The lowest BCUT2D eigenvalue weighted by Crippen LogP contribution is -2.38. The number of likely N-dealkylation sites (N-methyl/N-ethyl adjacent to an activating group) is 1. The van der Waals surface area contributed by atoms with Crippen molar-refractivity contribution in [1.82, 2.24) is 20.2 Å². The fourth-order valence-electron chi connectivity index (χ4n) is 2.77. The third-order valence-electron chi connectivity index (χ3n) is 3.98. The Labute approximate surface area is 136 Å². The van der Waals surface area contributed by atoms with Crippen LogP contribution in [-0.4, -0.2) is 35.0 Å². The average Bonchev–Trinajstić information content (AvgIpc) is 2.94. The van der Waals surface area contributed by atoms with E-state index in [1.807, 2.05) is 0 Å². The lowest BCUT2D eigenvalue weighted by atomic mass is 9.97. The molecule has 122 valence electrons. The van der Waals surface area contributed by atoms with Crippen molar-refractivity contribution in [3.63, 3.8) is 0 Å². The Morgan fingerprint density at radius 2 is 2.09 bits per heavy atom. The molecule has 3 rings (SSSR count). The van der Waals surface area contributed by atoms with Gasteiger partial charge in [0.2, 0.25) is 11.8 Å². The van der Waals surface area contributed by atoms with Gasteiger partial charge in [0, 0.05) is 11.9 Å². The van der Waals surface area contributed by atoms with Gasteiger partial charge in [-0.05, 0) is 31.2 Å². The molecule has 0 aromatic carbocycles. The Morgan fingerprint density at radius 1 is 1.30 bits per heavy atom. The summed E-state index contributed by atoms with van der Waals surface area (Å²) in [5, 5.41) is 5.55. The fourth-order valence-corrected chi connectivity index (χ4v) is 3.99. The highest BCUT2D eigenvalue weighted by Crippen LogP contribution is 2.33. The number of nitrogens with zero attached hydrogens (tertiary/aromatic N) is 2. The molecule has 2 amide bonds. The lowest BCUT2D eigenvalue weighted by molar-refractivity contribution is -0.126. The molecule has 2 aromatic heterocycles. The van der Waals surface area contributed by atoms with Crippen LogP contribution in [0.15, 0.2) is 11.1 Å². The molecule has 0 atom stereocenters. The van der Waals surface area contributed by atoms with Gasteiger partial charge < -0.3 is 10.6 Å². The number of aromatic nitrogens is 2. The van der Waals surface area contributed by atoms with Crippen molar-refractivity contribution in [1.29, 1.82) is 0 Å². The molecule has 1 aliphatic rings. The molecule has 0 saturated carbocycles. The number of fused-ring (bicyclic) bond motifs is 3. The number of aryl methyl sites for hydroxylation is 2. The Balaban J connectivity index is 1.85. The predicted octanol–water partition coefficient (Wildman–Crippen LogP) is 0.199. The summed E-state index contributed by atoms with van der Waals surface area (Å²) in [6.45, 7) is -0.239. The van der Waals surface area contributed by atoms with Gasteiger partial charge in [0.1, 0.15) is 11.4 Å². The van der Waals surface area contributed by atoms with Crippen LogP contribution in [0.3, 0.4) is 0 Å². The molecule has 2 N–H and O–H groups in total. The number of carbonyl (C=O) groups excluding carboxylic acids is 2. The van der Waals surface area contributed by atoms with E-state index in [1.165, 1.54) is 22.8 Å². The van der Waals surface area contributed by atoms with Crippen molar-refractivity contribution < 1.29 is 9.59 Å². The monoisotopic (exact) mass is 334 g/mol. The Hall–Kier alpha value is -2.22. The van der Waals surface area contributed by atoms with Gasteiger partial charge in [-0.15, -0.1) is 11.3 Å². The normalized spacial score (nSPS) is 13.6. The average molecular weight is 334 g/mol. The van der Waals surface area contributed by atoms with Gasteiger partial charge in [-0.2, -0.15) is 0 Å². The number of rotatable bonds is 4. The van der Waals surface area contributed by atoms with E-state index in [9.17, 15) is 14.4 Å².